The number of hydrogen-bond acceptors (Lipinski definition) is 3. The summed E-state index contributed by atoms with van der Waals surface area (Å²) < 4.78 is 17.4. The fourth-order valence-electron chi connectivity index (χ4n) is 1.17. The maximum atomic E-state index is 5.78. The lowest BCUT2D eigenvalue weighted by Crippen LogP contribution is -2.36. The van der Waals surface area contributed by atoms with Crippen LogP contribution in [0.4, 0.5) is 0 Å². The molecule has 16 heavy (non-hydrogen) atoms. The van der Waals surface area contributed by atoms with Crippen LogP contribution in [-0.4, -0.2) is 25.6 Å². The van der Waals surface area contributed by atoms with Crippen LogP contribution in [0.5, 0.6) is 0 Å². The van der Waals surface area contributed by atoms with Crippen LogP contribution < -0.4 is 0 Å². The Labute approximate surface area is 101 Å². The van der Waals surface area contributed by atoms with Crippen LogP contribution in [0.2, 0.25) is 0 Å². The van der Waals surface area contributed by atoms with Gasteiger partial charge >= 0.3 is 7.32 Å². The van der Waals surface area contributed by atoms with Crippen molar-refractivity contribution in [3.63, 3.8) is 0 Å². The zero-order valence-corrected chi connectivity index (χ0v) is 11.8. The van der Waals surface area contributed by atoms with E-state index < -0.39 is 7.32 Å². The first kappa shape index (κ1) is 15.9. The van der Waals surface area contributed by atoms with E-state index in [0.717, 1.165) is 19.3 Å². The molecule has 4 heteroatoms. The Hall–Kier alpha value is -0.0551. The highest BCUT2D eigenvalue weighted by Gasteiger charge is 2.13. The topological polar surface area (TPSA) is 27.7 Å². The Morgan fingerprint density at radius 3 is 1.12 bits per heavy atom. The third-order valence-corrected chi connectivity index (χ3v) is 2.99. The number of rotatable bonds is 9. The van der Waals surface area contributed by atoms with Crippen molar-refractivity contribution in [2.45, 2.75) is 79.1 Å². The molecule has 3 nitrogen and oxygen atoms in total. The summed E-state index contributed by atoms with van der Waals surface area (Å²) in [6, 6.07) is 0. The van der Waals surface area contributed by atoms with E-state index in [0.29, 0.717) is 0 Å². The van der Waals surface area contributed by atoms with E-state index in [1.807, 2.05) is 0 Å². The van der Waals surface area contributed by atoms with Gasteiger partial charge in [-0.3, -0.25) is 0 Å². The quantitative estimate of drug-likeness (QED) is 0.570. The van der Waals surface area contributed by atoms with Gasteiger partial charge in [-0.25, -0.2) is 0 Å². The van der Waals surface area contributed by atoms with Crippen LogP contribution >= 0.6 is 0 Å². The van der Waals surface area contributed by atoms with Crippen LogP contribution in [0.25, 0.3) is 0 Å². The van der Waals surface area contributed by atoms with Gasteiger partial charge in [0.2, 0.25) is 0 Å². The van der Waals surface area contributed by atoms with Gasteiger partial charge in [0.25, 0.3) is 0 Å². The average Bonchev–Trinajstić information content (AvgIpc) is 2.28. The lowest BCUT2D eigenvalue weighted by atomic mass is 10.1. The summed E-state index contributed by atoms with van der Waals surface area (Å²) in [6.45, 7) is 12.5. The minimum atomic E-state index is -1.39. The predicted octanol–water partition coefficient (Wildman–Crippen LogP) is 3.15. The molecular formula is C12H28BO3-. The Kier molecular flexibility index (Phi) is 8.99. The fourth-order valence-corrected chi connectivity index (χ4v) is 1.17. The van der Waals surface area contributed by atoms with Gasteiger partial charge in [0.05, 0.1) is 0 Å². The smallest absolute Gasteiger partial charge is 0.365 e. The van der Waals surface area contributed by atoms with Gasteiger partial charge in [-0.15, -0.1) is 0 Å². The minimum absolute atomic E-state index is 0.202. The standard InChI is InChI=1S/C12H28BO3/c1-7-10(4)14-13(15-11(5)8-2)16-12(6)9-3/h10-13H,7-9H2,1-6H3/q-1. The van der Waals surface area contributed by atoms with E-state index in [9.17, 15) is 0 Å². The van der Waals surface area contributed by atoms with Crippen molar-refractivity contribution in [2.75, 3.05) is 0 Å². The van der Waals surface area contributed by atoms with Crippen molar-refractivity contribution in [1.29, 1.82) is 0 Å². The third-order valence-electron chi connectivity index (χ3n) is 2.99. The minimum Gasteiger partial charge on any atom is -0.545 e. The largest absolute Gasteiger partial charge is 0.545 e. The zero-order valence-electron chi connectivity index (χ0n) is 11.8. The monoisotopic (exact) mass is 231 g/mol. The summed E-state index contributed by atoms with van der Waals surface area (Å²) in [5.41, 5.74) is 0. The molecular weight excluding hydrogens is 203 g/mol. The molecule has 0 aliphatic carbocycles. The summed E-state index contributed by atoms with van der Waals surface area (Å²) >= 11 is 0. The van der Waals surface area contributed by atoms with E-state index >= 15 is 0 Å². The molecule has 0 fully saturated rings. The van der Waals surface area contributed by atoms with E-state index in [1.54, 1.807) is 0 Å². The van der Waals surface area contributed by atoms with Crippen molar-refractivity contribution >= 4 is 7.32 Å². The van der Waals surface area contributed by atoms with Crippen molar-refractivity contribution in [2.24, 2.45) is 0 Å². The average molecular weight is 231 g/mol. The molecule has 0 bridgehead atoms. The third kappa shape index (κ3) is 7.26. The fraction of sp³-hybridized carbons (Fsp3) is 1.00. The van der Waals surface area contributed by atoms with Crippen molar-refractivity contribution in [1.82, 2.24) is 0 Å². The summed E-state index contributed by atoms with van der Waals surface area (Å²) in [6.07, 6.45) is 3.56. The summed E-state index contributed by atoms with van der Waals surface area (Å²) in [5, 5.41) is 0. The zero-order chi connectivity index (χ0) is 12.6. The van der Waals surface area contributed by atoms with Gasteiger partial charge in [-0.2, -0.15) is 0 Å². The van der Waals surface area contributed by atoms with E-state index in [-0.39, 0.29) is 18.3 Å². The Morgan fingerprint density at radius 2 is 0.938 bits per heavy atom. The summed E-state index contributed by atoms with van der Waals surface area (Å²) in [7, 11) is -1.39. The van der Waals surface area contributed by atoms with Gasteiger partial charge in [-0.1, -0.05) is 20.8 Å². The molecule has 0 saturated carbocycles. The predicted molar refractivity (Wildman–Crippen MR) is 69.7 cm³/mol. The van der Waals surface area contributed by atoms with Crippen molar-refractivity contribution < 1.29 is 14.0 Å². The lowest BCUT2D eigenvalue weighted by molar-refractivity contribution is 0.0181. The van der Waals surface area contributed by atoms with Gasteiger partial charge in [-0.05, 0) is 40.0 Å². The second kappa shape index (κ2) is 9.02. The first-order chi connectivity index (χ1) is 7.53. The molecule has 0 saturated heterocycles. The lowest BCUT2D eigenvalue weighted by Gasteiger charge is -2.36. The van der Waals surface area contributed by atoms with Crippen LogP contribution in [-0.2, 0) is 14.0 Å². The molecule has 0 amide bonds. The molecule has 0 heterocycles. The molecule has 0 aromatic carbocycles. The summed E-state index contributed by atoms with van der Waals surface area (Å²) in [5.74, 6) is 0. The van der Waals surface area contributed by atoms with Gasteiger partial charge in [0.15, 0.2) is 0 Å². The first-order valence-corrected chi connectivity index (χ1v) is 6.65. The van der Waals surface area contributed by atoms with E-state index in [1.165, 1.54) is 0 Å². The van der Waals surface area contributed by atoms with E-state index in [2.05, 4.69) is 41.5 Å². The second-order valence-electron chi connectivity index (χ2n) is 4.51. The molecule has 98 valence electrons. The summed E-state index contributed by atoms with van der Waals surface area (Å²) in [4.78, 5) is 0. The SMILES string of the molecule is CCC(C)O[BH-](OC(C)CC)OC(C)CC. The Balaban J connectivity index is 4.15. The van der Waals surface area contributed by atoms with Crippen LogP contribution in [0, 0.1) is 0 Å². The van der Waals surface area contributed by atoms with Gasteiger partial charge < -0.3 is 14.0 Å². The van der Waals surface area contributed by atoms with Crippen LogP contribution in [0.1, 0.15) is 60.8 Å². The maximum absolute atomic E-state index is 5.78. The highest BCUT2D eigenvalue weighted by Crippen LogP contribution is 2.09. The Bertz CT molecular complexity index is 138. The molecule has 0 aliphatic rings. The molecule has 0 aromatic heterocycles. The molecule has 0 aliphatic heterocycles. The molecule has 0 spiro atoms. The Morgan fingerprint density at radius 1 is 0.688 bits per heavy atom. The highest BCUT2D eigenvalue weighted by atomic mass is 16.7. The normalized spacial score (nSPS) is 19.1. The van der Waals surface area contributed by atoms with Crippen LogP contribution in [0.3, 0.4) is 0 Å². The first-order valence-electron chi connectivity index (χ1n) is 6.65. The molecule has 0 radical (unpaired) electrons. The molecule has 3 atom stereocenters. The van der Waals surface area contributed by atoms with Crippen molar-refractivity contribution in [3.8, 4) is 0 Å². The number of hydrogen-bond donors (Lipinski definition) is 0. The van der Waals surface area contributed by atoms with Crippen molar-refractivity contribution in [3.05, 3.63) is 0 Å². The van der Waals surface area contributed by atoms with Gasteiger partial charge in [0, 0.05) is 18.3 Å². The highest BCUT2D eigenvalue weighted by molar-refractivity contribution is 6.36. The molecule has 0 N–H and O–H groups in total. The van der Waals surface area contributed by atoms with Gasteiger partial charge in [0.1, 0.15) is 0 Å². The van der Waals surface area contributed by atoms with Crippen LogP contribution in [0.15, 0.2) is 0 Å². The molecule has 0 rings (SSSR count). The maximum Gasteiger partial charge on any atom is 0.365 e. The second-order valence-corrected chi connectivity index (χ2v) is 4.51. The molecule has 3 unspecified atom stereocenters. The molecule has 0 aromatic rings. The van der Waals surface area contributed by atoms with E-state index in [4.69, 9.17) is 14.0 Å².